The number of carboxylic acids is 1. The molecule has 2 rings (SSSR count). The lowest BCUT2D eigenvalue weighted by atomic mass is 9.88. The van der Waals surface area contributed by atoms with Gasteiger partial charge in [-0.15, -0.1) is 0 Å². The molecular formula is C13H23NO11. The maximum absolute atomic E-state index is 11.1. The summed E-state index contributed by atoms with van der Waals surface area (Å²) in [7, 11) is 0. The van der Waals surface area contributed by atoms with E-state index in [4.69, 9.17) is 14.9 Å². The van der Waals surface area contributed by atoms with E-state index in [9.17, 15) is 30.0 Å². The van der Waals surface area contributed by atoms with E-state index < -0.39 is 61.1 Å². The first-order valence-electron chi connectivity index (χ1n) is 7.42. The summed E-state index contributed by atoms with van der Waals surface area (Å²) in [5, 5.41) is 59.0. The van der Waals surface area contributed by atoms with Crippen LogP contribution in [0.4, 0.5) is 0 Å². The molecule has 12 heteroatoms. The lowest BCUT2D eigenvalue weighted by molar-refractivity contribution is -0.382. The second-order valence-electron chi connectivity index (χ2n) is 5.55. The number of ether oxygens (including phenoxy) is 1. The maximum atomic E-state index is 11.1. The average Bonchev–Trinajstić information content (AvgIpc) is 2.46. The molecule has 2 aliphatic heterocycles. The first-order valence-corrected chi connectivity index (χ1v) is 7.42. The van der Waals surface area contributed by atoms with E-state index >= 15 is 0 Å². The van der Waals surface area contributed by atoms with Gasteiger partial charge in [0.25, 0.3) is 5.79 Å². The molecule has 2 aliphatic rings. The van der Waals surface area contributed by atoms with Gasteiger partial charge in [0.2, 0.25) is 5.91 Å². The molecule has 2 fully saturated rings. The largest absolute Gasteiger partial charge is 0.477 e. The molecule has 0 aromatic heterocycles. The van der Waals surface area contributed by atoms with E-state index in [1.165, 1.54) is 0 Å². The second kappa shape index (κ2) is 9.35. The third-order valence-electron chi connectivity index (χ3n) is 3.54. The molecule has 1 amide bonds. The first kappa shape index (κ1) is 21.7. The maximum Gasteiger partial charge on any atom is 0.364 e. The highest BCUT2D eigenvalue weighted by atomic mass is 17.2. The van der Waals surface area contributed by atoms with Crippen molar-refractivity contribution in [1.29, 1.82) is 0 Å². The molecule has 0 spiro atoms. The monoisotopic (exact) mass is 369 g/mol. The third kappa shape index (κ3) is 5.83. The fourth-order valence-electron chi connectivity index (χ4n) is 2.22. The van der Waals surface area contributed by atoms with Crippen LogP contribution in [0.5, 0.6) is 0 Å². The Kier molecular flexibility index (Phi) is 8.11. The second-order valence-corrected chi connectivity index (χ2v) is 5.55. The molecule has 12 nitrogen and oxygen atoms in total. The highest BCUT2D eigenvalue weighted by Crippen LogP contribution is 2.30. The van der Waals surface area contributed by atoms with E-state index in [1.54, 1.807) is 0 Å². The highest BCUT2D eigenvalue weighted by molar-refractivity contribution is 5.76. The quantitative estimate of drug-likeness (QED) is 0.234. The topological polar surface area (TPSA) is 195 Å². The van der Waals surface area contributed by atoms with Crippen LogP contribution in [0.2, 0.25) is 0 Å². The van der Waals surface area contributed by atoms with Crippen LogP contribution in [-0.2, 0) is 24.1 Å². The number of carbonyl (C=O) groups excluding carboxylic acids is 1. The number of aliphatic carboxylic acids is 1. The lowest BCUT2D eigenvalue weighted by Crippen LogP contribution is -2.67. The number of aliphatic hydroxyl groups excluding tert-OH is 4. The van der Waals surface area contributed by atoms with Crippen molar-refractivity contribution in [2.24, 2.45) is 0 Å². The Morgan fingerprint density at radius 1 is 1.28 bits per heavy atom. The van der Waals surface area contributed by atoms with Crippen molar-refractivity contribution in [3.63, 3.8) is 0 Å². The van der Waals surface area contributed by atoms with Crippen LogP contribution >= 0.6 is 0 Å². The van der Waals surface area contributed by atoms with E-state index in [-0.39, 0.29) is 0 Å². The van der Waals surface area contributed by atoms with Crippen LogP contribution in [-0.4, -0.2) is 98.6 Å². The Morgan fingerprint density at radius 2 is 1.80 bits per heavy atom. The molecule has 0 saturated carbocycles. The fraction of sp³-hybridized carbons (Fsp3) is 0.846. The van der Waals surface area contributed by atoms with E-state index in [1.807, 2.05) is 0 Å². The van der Waals surface area contributed by atoms with Gasteiger partial charge in [0.1, 0.15) is 31.5 Å². The summed E-state index contributed by atoms with van der Waals surface area (Å²) < 4.78 is 4.86. The average molecular weight is 369 g/mol. The van der Waals surface area contributed by atoms with E-state index in [0.717, 1.165) is 20.1 Å². The minimum absolute atomic E-state index is 0.598. The number of carbonyl (C=O) groups is 2. The van der Waals surface area contributed by atoms with Crippen molar-refractivity contribution in [3.8, 4) is 0 Å². The zero-order valence-electron chi connectivity index (χ0n) is 13.4. The van der Waals surface area contributed by atoms with Crippen LogP contribution < -0.4 is 5.32 Å². The Balaban J connectivity index is 0.000000680. The van der Waals surface area contributed by atoms with Crippen molar-refractivity contribution < 1.29 is 54.7 Å². The zero-order chi connectivity index (χ0) is 19.2. The van der Waals surface area contributed by atoms with Gasteiger partial charge < -0.3 is 40.7 Å². The molecule has 7 N–H and O–H groups in total. The van der Waals surface area contributed by atoms with Crippen molar-refractivity contribution in [1.82, 2.24) is 5.32 Å². The zero-order valence-corrected chi connectivity index (χ0v) is 13.4. The molecule has 2 saturated heterocycles. The predicted octanol–water partition coefficient (Wildman–Crippen LogP) is -3.92. The summed E-state index contributed by atoms with van der Waals surface area (Å²) in [5.41, 5.74) is 0. The van der Waals surface area contributed by atoms with Crippen LogP contribution in [0.25, 0.3) is 0 Å². The summed E-state index contributed by atoms with van der Waals surface area (Å²) in [5.74, 6) is -5.17. The van der Waals surface area contributed by atoms with Crippen LogP contribution in [0.3, 0.4) is 0 Å². The number of hydrogen-bond donors (Lipinski definition) is 7. The van der Waals surface area contributed by atoms with Gasteiger partial charge in [-0.05, 0) is 0 Å². The minimum atomic E-state index is -2.78. The molecule has 0 bridgehead atoms. The lowest BCUT2D eigenvalue weighted by Gasteiger charge is -2.44. The van der Waals surface area contributed by atoms with Gasteiger partial charge in [-0.2, -0.15) is 0 Å². The molecule has 146 valence electrons. The number of carboxylic acid groups (broad SMARTS) is 1. The van der Waals surface area contributed by atoms with Gasteiger partial charge in [0, 0.05) is 13.3 Å². The van der Waals surface area contributed by atoms with Gasteiger partial charge in [0.05, 0.1) is 18.8 Å². The van der Waals surface area contributed by atoms with Gasteiger partial charge in [-0.25, -0.2) is 14.6 Å². The van der Waals surface area contributed by atoms with Gasteiger partial charge in [-0.1, -0.05) is 0 Å². The fourth-order valence-corrected chi connectivity index (χ4v) is 2.22. The molecule has 6 atom stereocenters. The number of nitrogens with one attached hydrogen (secondary N) is 1. The van der Waals surface area contributed by atoms with Crippen LogP contribution in [0.1, 0.15) is 13.3 Å². The Labute approximate surface area is 142 Å². The van der Waals surface area contributed by atoms with Crippen molar-refractivity contribution in [2.45, 2.75) is 49.6 Å². The van der Waals surface area contributed by atoms with Crippen molar-refractivity contribution >= 4 is 11.9 Å². The summed E-state index contributed by atoms with van der Waals surface area (Å²) in [6.07, 6.45) is -7.48. The first-order chi connectivity index (χ1) is 11.6. The van der Waals surface area contributed by atoms with Gasteiger partial charge in [-0.3, -0.25) is 4.79 Å². The third-order valence-corrected chi connectivity index (χ3v) is 3.54. The molecule has 0 aliphatic carbocycles. The molecule has 1 unspecified atom stereocenters. The molecule has 0 aromatic carbocycles. The van der Waals surface area contributed by atoms with Crippen LogP contribution in [0, 0.1) is 0 Å². The SMILES string of the molecule is C1COO1.CC(=O)N[C@H]1[C@H]([C@H](O)[C@H](O)CO)OC(O)(C(=O)O)C[C@@H]1O. The predicted molar refractivity (Wildman–Crippen MR) is 76.7 cm³/mol. The van der Waals surface area contributed by atoms with Crippen LogP contribution in [0.15, 0.2) is 0 Å². The summed E-state index contributed by atoms with van der Waals surface area (Å²) in [6, 6.07) is -1.27. The molecule has 2 heterocycles. The molecular weight excluding hydrogens is 346 g/mol. The van der Waals surface area contributed by atoms with Gasteiger partial charge in [0.15, 0.2) is 0 Å². The summed E-state index contributed by atoms with van der Waals surface area (Å²) in [4.78, 5) is 30.5. The number of amides is 1. The number of rotatable bonds is 5. The summed E-state index contributed by atoms with van der Waals surface area (Å²) in [6.45, 7) is 1.81. The summed E-state index contributed by atoms with van der Waals surface area (Å²) >= 11 is 0. The van der Waals surface area contributed by atoms with E-state index in [2.05, 4.69) is 15.1 Å². The standard InChI is InChI=1S/C11H19NO9.C2H4O2/c1-4(14)12-7-5(15)2-11(20,10(18)19)21-9(7)8(17)6(16)3-13;1-2-4-3-1/h5-9,13,15-17,20H,2-3H2,1H3,(H,12,14)(H,18,19);1-2H2/t5-,6+,7+,8+,9+,11?;/m0./s1. The normalized spacial score (nSPS) is 33.9. The highest BCUT2D eigenvalue weighted by Gasteiger charge is 2.53. The van der Waals surface area contributed by atoms with Crippen molar-refractivity contribution in [2.75, 3.05) is 19.8 Å². The minimum Gasteiger partial charge on any atom is -0.477 e. The Morgan fingerprint density at radius 3 is 2.16 bits per heavy atom. The smallest absolute Gasteiger partial charge is 0.364 e. The Bertz CT molecular complexity index is 453. The van der Waals surface area contributed by atoms with E-state index in [0.29, 0.717) is 0 Å². The van der Waals surface area contributed by atoms with Crippen molar-refractivity contribution in [3.05, 3.63) is 0 Å². The molecule has 0 radical (unpaired) electrons. The number of aliphatic hydroxyl groups is 5. The Hall–Kier alpha value is -1.38. The van der Waals surface area contributed by atoms with Gasteiger partial charge >= 0.3 is 5.97 Å². The molecule has 25 heavy (non-hydrogen) atoms. The number of hydrogen-bond acceptors (Lipinski definition) is 10. The molecule has 0 aromatic rings.